The van der Waals surface area contributed by atoms with Gasteiger partial charge in [0.1, 0.15) is 36.1 Å². The van der Waals surface area contributed by atoms with Crippen LogP contribution in [0.5, 0.6) is 17.2 Å². The Labute approximate surface area is 227 Å². The van der Waals surface area contributed by atoms with Gasteiger partial charge in [-0.05, 0) is 72.9 Å². The summed E-state index contributed by atoms with van der Waals surface area (Å²) in [6.07, 6.45) is -1.02. The summed E-state index contributed by atoms with van der Waals surface area (Å²) in [6.45, 7) is 7.31. The summed E-state index contributed by atoms with van der Waals surface area (Å²) in [4.78, 5) is 24.5. The lowest BCUT2D eigenvalue weighted by Gasteiger charge is -2.39. The highest BCUT2D eigenvalue weighted by Crippen LogP contribution is 2.38. The minimum atomic E-state index is -0.989. The Morgan fingerprint density at radius 2 is 1.79 bits per heavy atom. The van der Waals surface area contributed by atoms with E-state index in [1.807, 2.05) is 42.5 Å². The smallest absolute Gasteiger partial charge is 0.304 e. The molecule has 1 saturated heterocycles. The zero-order chi connectivity index (χ0) is 27.7. The normalized spacial score (nSPS) is 17.1. The predicted molar refractivity (Wildman–Crippen MR) is 145 cm³/mol. The number of carbonyl (C=O) groups is 2. The molecule has 8 heteroatoms. The van der Waals surface area contributed by atoms with Crippen molar-refractivity contribution in [3.8, 4) is 28.4 Å². The van der Waals surface area contributed by atoms with Crippen molar-refractivity contribution in [1.82, 2.24) is 4.90 Å². The van der Waals surface area contributed by atoms with E-state index in [4.69, 9.17) is 19.3 Å². The van der Waals surface area contributed by atoms with Crippen molar-refractivity contribution < 1.29 is 34.0 Å². The van der Waals surface area contributed by atoms with Crippen LogP contribution in [0.3, 0.4) is 0 Å². The second kappa shape index (κ2) is 11.0. The van der Waals surface area contributed by atoms with E-state index in [0.717, 1.165) is 39.1 Å². The van der Waals surface area contributed by atoms with Gasteiger partial charge in [0, 0.05) is 17.5 Å². The predicted octanol–water partition coefficient (Wildman–Crippen LogP) is 4.47. The number of carboxylic acids is 1. The molecule has 8 nitrogen and oxygen atoms in total. The van der Waals surface area contributed by atoms with E-state index in [1.165, 1.54) is 6.92 Å². The first-order valence-electron chi connectivity index (χ1n) is 13.1. The molecule has 5 rings (SSSR count). The molecule has 39 heavy (non-hydrogen) atoms. The third-order valence-corrected chi connectivity index (χ3v) is 7.23. The number of ether oxygens (including phenoxy) is 3. The number of hydrogen-bond acceptors (Lipinski definition) is 6. The summed E-state index contributed by atoms with van der Waals surface area (Å²) in [5, 5.41) is 18.6. The zero-order valence-electron chi connectivity index (χ0n) is 22.3. The summed E-state index contributed by atoms with van der Waals surface area (Å²) in [6, 6.07) is 17.9. The molecule has 0 radical (unpaired) electrons. The van der Waals surface area contributed by atoms with Crippen molar-refractivity contribution in [3.05, 3.63) is 76.9 Å². The van der Waals surface area contributed by atoms with Crippen molar-refractivity contribution in [2.24, 2.45) is 0 Å². The number of likely N-dealkylation sites (tertiary alicyclic amines) is 1. The van der Waals surface area contributed by atoms with Crippen LogP contribution >= 0.6 is 0 Å². The monoisotopic (exact) mass is 531 g/mol. The lowest BCUT2D eigenvalue weighted by Crippen LogP contribution is -2.58. The number of nitrogens with zero attached hydrogens (tertiary/aromatic N) is 1. The van der Waals surface area contributed by atoms with Crippen LogP contribution in [0.2, 0.25) is 0 Å². The van der Waals surface area contributed by atoms with Gasteiger partial charge in [-0.15, -0.1) is 0 Å². The first-order chi connectivity index (χ1) is 18.7. The highest BCUT2D eigenvalue weighted by Gasteiger charge is 2.34. The maximum atomic E-state index is 11.9. The van der Waals surface area contributed by atoms with Gasteiger partial charge in [-0.3, -0.25) is 9.59 Å². The number of hydrogen-bond donors (Lipinski definition) is 2. The molecule has 0 spiro atoms. The zero-order valence-corrected chi connectivity index (χ0v) is 22.3. The van der Waals surface area contributed by atoms with Gasteiger partial charge in [-0.1, -0.05) is 24.3 Å². The highest BCUT2D eigenvalue weighted by molar-refractivity contribution is 5.81. The minimum absolute atomic E-state index is 0.0517. The average molecular weight is 532 g/mol. The summed E-state index contributed by atoms with van der Waals surface area (Å²) in [5.41, 5.74) is 6.34. The molecule has 2 aliphatic rings. The van der Waals surface area contributed by atoms with Crippen LogP contribution in [0, 0.1) is 13.8 Å². The third kappa shape index (κ3) is 5.86. The maximum Gasteiger partial charge on any atom is 0.304 e. The van der Waals surface area contributed by atoms with Crippen LogP contribution in [-0.2, 0) is 16.2 Å². The van der Waals surface area contributed by atoms with Gasteiger partial charge in [0.15, 0.2) is 0 Å². The van der Waals surface area contributed by atoms with Crippen molar-refractivity contribution in [2.75, 3.05) is 19.7 Å². The van der Waals surface area contributed by atoms with Crippen LogP contribution in [0.15, 0.2) is 54.6 Å². The number of carbonyl (C=O) groups excluding carboxylic acids is 1. The molecule has 0 aliphatic carbocycles. The molecule has 0 aromatic heterocycles. The van der Waals surface area contributed by atoms with Crippen LogP contribution in [0.25, 0.3) is 11.1 Å². The summed E-state index contributed by atoms with van der Waals surface area (Å²) >= 11 is 0. The largest absolute Gasteiger partial charge is 0.492 e. The molecule has 2 unspecified atom stereocenters. The van der Waals surface area contributed by atoms with E-state index in [1.54, 1.807) is 4.90 Å². The molecule has 0 saturated carbocycles. The van der Waals surface area contributed by atoms with E-state index in [-0.39, 0.29) is 24.3 Å². The van der Waals surface area contributed by atoms with E-state index in [9.17, 15) is 14.7 Å². The third-order valence-electron chi connectivity index (χ3n) is 7.23. The Bertz CT molecular complexity index is 1370. The van der Waals surface area contributed by atoms with Gasteiger partial charge in [-0.2, -0.15) is 0 Å². The summed E-state index contributed by atoms with van der Waals surface area (Å²) in [7, 11) is 0. The fourth-order valence-corrected chi connectivity index (χ4v) is 5.31. The molecular weight excluding hydrogens is 498 g/mol. The summed E-state index contributed by atoms with van der Waals surface area (Å²) in [5.74, 6) is 0.899. The number of aliphatic hydroxyl groups excluding tert-OH is 1. The van der Waals surface area contributed by atoms with E-state index < -0.39 is 12.1 Å². The van der Waals surface area contributed by atoms with E-state index in [2.05, 4.69) is 26.0 Å². The maximum absolute atomic E-state index is 11.9. The Balaban J connectivity index is 1.23. The Morgan fingerprint density at radius 1 is 1.05 bits per heavy atom. The molecule has 3 aromatic carbocycles. The number of aryl methyl sites for hydroxylation is 2. The van der Waals surface area contributed by atoms with Crippen LogP contribution in [0.4, 0.5) is 0 Å². The van der Waals surface area contributed by atoms with Crippen molar-refractivity contribution in [2.45, 2.75) is 51.9 Å². The number of amides is 1. The number of rotatable bonds is 9. The Kier molecular flexibility index (Phi) is 7.48. The first kappa shape index (κ1) is 26.6. The molecule has 2 aliphatic heterocycles. The number of aliphatic hydroxyl groups is 1. The van der Waals surface area contributed by atoms with Crippen LogP contribution in [-0.4, -0.2) is 58.9 Å². The quantitative estimate of drug-likeness (QED) is 0.420. The fourth-order valence-electron chi connectivity index (χ4n) is 5.31. The topological polar surface area (TPSA) is 106 Å². The molecule has 1 amide bonds. The van der Waals surface area contributed by atoms with Gasteiger partial charge in [0.25, 0.3) is 5.91 Å². The molecule has 1 fully saturated rings. The van der Waals surface area contributed by atoms with Gasteiger partial charge >= 0.3 is 5.97 Å². The highest BCUT2D eigenvalue weighted by atomic mass is 16.5. The van der Waals surface area contributed by atoms with E-state index >= 15 is 0 Å². The van der Waals surface area contributed by atoms with Gasteiger partial charge in [0.2, 0.25) is 0 Å². The minimum Gasteiger partial charge on any atom is -0.492 e. The van der Waals surface area contributed by atoms with Gasteiger partial charge in [-0.25, -0.2) is 0 Å². The number of aliphatic carboxylic acids is 1. The Morgan fingerprint density at radius 3 is 2.49 bits per heavy atom. The molecule has 2 heterocycles. The average Bonchev–Trinajstić information content (AvgIpc) is 3.25. The lowest BCUT2D eigenvalue weighted by atomic mass is 9.94. The standard InChI is InChI=1S/C31H33NO7/c1-18-9-25(39-26-14-32(15-26)31(36)20(3)33)10-19(2)30(18)22-6-4-5-21(11-22)16-37-24-7-8-27-23(12-29(34)35)17-38-28(27)13-24/h4-11,13,20,23,26,33H,12,14-17H2,1-3H3,(H,34,35). The number of fused-ring (bicyclic) bond motifs is 1. The molecular formula is C31H33NO7. The van der Waals surface area contributed by atoms with Gasteiger partial charge in [0.05, 0.1) is 26.1 Å². The van der Waals surface area contributed by atoms with Crippen molar-refractivity contribution in [1.29, 1.82) is 0 Å². The van der Waals surface area contributed by atoms with Crippen molar-refractivity contribution in [3.63, 3.8) is 0 Å². The molecule has 2 N–H and O–H groups in total. The SMILES string of the molecule is Cc1cc(OC2CN(C(=O)C(C)O)C2)cc(C)c1-c1cccc(COc2ccc3c(c2)OCC3CC(=O)O)c1. The lowest BCUT2D eigenvalue weighted by molar-refractivity contribution is -0.148. The molecule has 2 atom stereocenters. The molecule has 0 bridgehead atoms. The van der Waals surface area contributed by atoms with Crippen LogP contribution < -0.4 is 14.2 Å². The number of carboxylic acid groups (broad SMARTS) is 1. The molecule has 3 aromatic rings. The first-order valence-corrected chi connectivity index (χ1v) is 13.1. The molecule has 204 valence electrons. The second-order valence-corrected chi connectivity index (χ2v) is 10.4. The fraction of sp³-hybridized carbons (Fsp3) is 0.355. The van der Waals surface area contributed by atoms with Gasteiger partial charge < -0.3 is 29.3 Å². The number of benzene rings is 3. The van der Waals surface area contributed by atoms with E-state index in [0.29, 0.717) is 37.8 Å². The summed E-state index contributed by atoms with van der Waals surface area (Å²) < 4.78 is 17.8. The second-order valence-electron chi connectivity index (χ2n) is 10.4. The Hall–Kier alpha value is -4.04. The van der Waals surface area contributed by atoms with Crippen molar-refractivity contribution >= 4 is 11.9 Å². The van der Waals surface area contributed by atoms with Crippen LogP contribution in [0.1, 0.15) is 41.5 Å².